The average molecular weight is 348 g/mol. The van der Waals surface area contributed by atoms with Crippen molar-refractivity contribution in [1.82, 2.24) is 4.90 Å². The molecule has 0 saturated carbocycles. The van der Waals surface area contributed by atoms with Crippen LogP contribution >= 0.6 is 0 Å². The maximum absolute atomic E-state index is 11.9. The summed E-state index contributed by atoms with van der Waals surface area (Å²) in [4.78, 5) is 13.7. The average Bonchev–Trinajstić information content (AvgIpc) is 2.49. The van der Waals surface area contributed by atoms with Crippen LogP contribution in [0.25, 0.3) is 0 Å². The predicted molar refractivity (Wildman–Crippen MR) is 100 cm³/mol. The molecule has 5 nitrogen and oxygen atoms in total. The van der Waals surface area contributed by atoms with Crippen LogP contribution in [0, 0.1) is 5.41 Å². The van der Waals surface area contributed by atoms with Gasteiger partial charge in [0.1, 0.15) is 5.60 Å². The van der Waals surface area contributed by atoms with Crippen molar-refractivity contribution in [3.63, 3.8) is 0 Å². The molecule has 2 N–H and O–H groups in total. The van der Waals surface area contributed by atoms with Crippen LogP contribution in [0.5, 0.6) is 0 Å². The number of aliphatic hydroxyl groups is 2. The van der Waals surface area contributed by atoms with Crippen molar-refractivity contribution >= 4 is 6.09 Å². The fourth-order valence-corrected chi connectivity index (χ4v) is 2.59. The first kappa shape index (κ1) is 25.4. The summed E-state index contributed by atoms with van der Waals surface area (Å²) in [7, 11) is 0. The number of amides is 1. The topological polar surface area (TPSA) is 70.0 Å². The van der Waals surface area contributed by atoms with Crippen molar-refractivity contribution in [2.45, 2.75) is 86.2 Å². The zero-order valence-electron chi connectivity index (χ0n) is 17.0. The first-order chi connectivity index (χ1) is 11.2. The standard InChI is InChI=1S/C14H27NO4.C3H8.C2H6/c1-13(2,3)19-12(18)15-8-4-14(5-9-15,6-10-16)7-11-17;1-3-2;1-2/h16-17H,4-11H2,1-3H3;3H2,1-2H3;1-2H3. The summed E-state index contributed by atoms with van der Waals surface area (Å²) < 4.78 is 5.35. The van der Waals surface area contributed by atoms with E-state index in [1.165, 1.54) is 6.42 Å². The molecule has 0 aromatic rings. The number of aliphatic hydroxyl groups excluding tert-OH is 2. The number of hydrogen-bond acceptors (Lipinski definition) is 4. The molecule has 146 valence electrons. The zero-order chi connectivity index (χ0) is 19.2. The Hall–Kier alpha value is -0.810. The molecule has 0 aromatic heterocycles. The summed E-state index contributed by atoms with van der Waals surface area (Å²) in [5.41, 5.74) is -0.496. The van der Waals surface area contributed by atoms with Crippen LogP contribution in [0.2, 0.25) is 0 Å². The first-order valence-electron chi connectivity index (χ1n) is 9.43. The minimum atomic E-state index is -0.470. The lowest BCUT2D eigenvalue weighted by molar-refractivity contribution is 0.00260. The van der Waals surface area contributed by atoms with E-state index in [1.807, 2.05) is 34.6 Å². The predicted octanol–water partition coefficient (Wildman–Crippen LogP) is 4.21. The lowest BCUT2D eigenvalue weighted by atomic mass is 9.73. The number of hydrogen-bond donors (Lipinski definition) is 2. The highest BCUT2D eigenvalue weighted by Gasteiger charge is 2.36. The van der Waals surface area contributed by atoms with Crippen molar-refractivity contribution in [3.05, 3.63) is 0 Å². The van der Waals surface area contributed by atoms with Crippen LogP contribution in [0.4, 0.5) is 4.79 Å². The number of likely N-dealkylation sites (tertiary alicyclic amines) is 1. The Morgan fingerprint density at radius 3 is 1.71 bits per heavy atom. The van der Waals surface area contributed by atoms with E-state index < -0.39 is 5.60 Å². The second-order valence-corrected chi connectivity index (χ2v) is 7.12. The Balaban J connectivity index is 0. The Bertz CT molecular complexity index is 297. The highest BCUT2D eigenvalue weighted by molar-refractivity contribution is 5.68. The Labute approximate surface area is 149 Å². The van der Waals surface area contributed by atoms with Gasteiger partial charge in [-0.3, -0.25) is 0 Å². The summed E-state index contributed by atoms with van der Waals surface area (Å²) in [6.07, 6.45) is 3.99. The van der Waals surface area contributed by atoms with Crippen LogP contribution < -0.4 is 0 Å². The highest BCUT2D eigenvalue weighted by Crippen LogP contribution is 2.38. The molecule has 1 aliphatic heterocycles. The largest absolute Gasteiger partial charge is 0.444 e. The molecule has 0 bridgehead atoms. The molecule has 1 rings (SSSR count). The van der Waals surface area contributed by atoms with Crippen molar-refractivity contribution in [3.8, 4) is 0 Å². The molecule has 1 aliphatic rings. The Morgan fingerprint density at radius 1 is 1.04 bits per heavy atom. The van der Waals surface area contributed by atoms with E-state index in [-0.39, 0.29) is 24.7 Å². The lowest BCUT2D eigenvalue weighted by Crippen LogP contribution is -2.45. The van der Waals surface area contributed by atoms with Crippen LogP contribution in [-0.2, 0) is 4.74 Å². The van der Waals surface area contributed by atoms with E-state index in [9.17, 15) is 4.79 Å². The van der Waals surface area contributed by atoms with Crippen molar-refractivity contribution in [2.75, 3.05) is 26.3 Å². The van der Waals surface area contributed by atoms with Gasteiger partial charge in [0.25, 0.3) is 0 Å². The van der Waals surface area contributed by atoms with Crippen molar-refractivity contribution in [1.29, 1.82) is 0 Å². The molecule has 0 aromatic carbocycles. The molecule has 0 atom stereocenters. The fraction of sp³-hybridized carbons (Fsp3) is 0.947. The van der Waals surface area contributed by atoms with E-state index >= 15 is 0 Å². The third-order valence-electron chi connectivity index (χ3n) is 3.76. The maximum atomic E-state index is 11.9. The van der Waals surface area contributed by atoms with Crippen LogP contribution in [0.3, 0.4) is 0 Å². The third-order valence-corrected chi connectivity index (χ3v) is 3.76. The van der Waals surface area contributed by atoms with Gasteiger partial charge in [0.15, 0.2) is 0 Å². The summed E-state index contributed by atoms with van der Waals surface area (Å²) in [6, 6.07) is 0. The molecule has 1 fully saturated rings. The molecular weight excluding hydrogens is 306 g/mol. The number of carbonyl (C=O) groups is 1. The summed E-state index contributed by atoms with van der Waals surface area (Å²) in [5, 5.41) is 18.3. The molecule has 0 aliphatic carbocycles. The van der Waals surface area contributed by atoms with E-state index in [4.69, 9.17) is 14.9 Å². The number of rotatable bonds is 4. The smallest absolute Gasteiger partial charge is 0.410 e. The minimum absolute atomic E-state index is 0.0258. The fourth-order valence-electron chi connectivity index (χ4n) is 2.59. The molecule has 1 saturated heterocycles. The number of ether oxygens (including phenoxy) is 1. The Kier molecular flexibility index (Phi) is 14.3. The normalized spacial score (nSPS) is 16.3. The zero-order valence-corrected chi connectivity index (χ0v) is 17.0. The Morgan fingerprint density at radius 2 is 1.42 bits per heavy atom. The number of nitrogens with zero attached hydrogens (tertiary/aromatic N) is 1. The second-order valence-electron chi connectivity index (χ2n) is 7.12. The van der Waals surface area contributed by atoms with Crippen LogP contribution in [-0.4, -0.2) is 53.1 Å². The van der Waals surface area contributed by atoms with Crippen molar-refractivity contribution in [2.24, 2.45) is 5.41 Å². The van der Waals surface area contributed by atoms with Gasteiger partial charge < -0.3 is 19.8 Å². The quantitative estimate of drug-likeness (QED) is 0.799. The molecule has 24 heavy (non-hydrogen) atoms. The SMILES string of the molecule is CC.CC(C)(C)OC(=O)N1CCC(CCO)(CCO)CC1.CCC. The van der Waals surface area contributed by atoms with Gasteiger partial charge in [0.2, 0.25) is 0 Å². The number of piperidine rings is 1. The van der Waals surface area contributed by atoms with Gasteiger partial charge in [-0.15, -0.1) is 0 Å². The summed E-state index contributed by atoms with van der Waals surface area (Å²) in [5.74, 6) is 0. The van der Waals surface area contributed by atoms with Crippen LogP contribution in [0.15, 0.2) is 0 Å². The van der Waals surface area contributed by atoms with Gasteiger partial charge in [-0.2, -0.15) is 0 Å². The number of carbonyl (C=O) groups excluding carboxylic acids is 1. The van der Waals surface area contributed by atoms with Gasteiger partial charge in [-0.1, -0.05) is 34.1 Å². The van der Waals surface area contributed by atoms with Gasteiger partial charge in [0.05, 0.1) is 0 Å². The molecule has 0 spiro atoms. The summed E-state index contributed by atoms with van der Waals surface area (Å²) >= 11 is 0. The molecule has 1 heterocycles. The van der Waals surface area contributed by atoms with Crippen molar-refractivity contribution < 1.29 is 19.7 Å². The van der Waals surface area contributed by atoms with Gasteiger partial charge in [-0.05, 0) is 51.9 Å². The van der Waals surface area contributed by atoms with Gasteiger partial charge >= 0.3 is 6.09 Å². The lowest BCUT2D eigenvalue weighted by Gasteiger charge is -2.41. The third kappa shape index (κ3) is 10.9. The second kappa shape index (κ2) is 13.5. The molecule has 0 unspecified atom stereocenters. The minimum Gasteiger partial charge on any atom is -0.444 e. The van der Waals surface area contributed by atoms with Crippen LogP contribution in [0.1, 0.15) is 80.6 Å². The first-order valence-corrected chi connectivity index (χ1v) is 9.43. The van der Waals surface area contributed by atoms with Gasteiger partial charge in [-0.25, -0.2) is 4.79 Å². The molecule has 0 radical (unpaired) electrons. The van der Waals surface area contributed by atoms with E-state index in [1.54, 1.807) is 4.90 Å². The summed E-state index contributed by atoms with van der Waals surface area (Å²) in [6.45, 7) is 15.4. The molecule has 5 heteroatoms. The van der Waals surface area contributed by atoms with E-state index in [2.05, 4.69) is 13.8 Å². The maximum Gasteiger partial charge on any atom is 0.410 e. The van der Waals surface area contributed by atoms with E-state index in [0.29, 0.717) is 25.9 Å². The highest BCUT2D eigenvalue weighted by atomic mass is 16.6. The van der Waals surface area contributed by atoms with E-state index in [0.717, 1.165) is 12.8 Å². The van der Waals surface area contributed by atoms with Gasteiger partial charge in [0, 0.05) is 26.3 Å². The molecular formula is C19H41NO4. The monoisotopic (exact) mass is 347 g/mol. The molecule has 1 amide bonds.